The first-order valence-corrected chi connectivity index (χ1v) is 10.0. The molecule has 2 aromatic carbocycles. The van der Waals surface area contributed by atoms with Gasteiger partial charge in [0.2, 0.25) is 5.89 Å². The summed E-state index contributed by atoms with van der Waals surface area (Å²) >= 11 is 1.38. The minimum atomic E-state index is -0.646. The molecule has 3 aromatic rings. The minimum Gasteiger partial charge on any atom is -0.465 e. The molecule has 0 atom stereocenters. The summed E-state index contributed by atoms with van der Waals surface area (Å²) in [5.74, 6) is -0.295. The number of hydrogen-bond donors (Lipinski definition) is 1. The van der Waals surface area contributed by atoms with Crippen LogP contribution in [0.25, 0.3) is 0 Å². The van der Waals surface area contributed by atoms with Gasteiger partial charge in [0.1, 0.15) is 0 Å². The lowest BCUT2D eigenvalue weighted by Gasteiger charge is -2.11. The molecule has 1 aromatic heterocycles. The molecule has 1 N–H and O–H groups in total. The van der Waals surface area contributed by atoms with Crippen LogP contribution in [0.3, 0.4) is 0 Å². The highest BCUT2D eigenvalue weighted by Crippen LogP contribution is 2.27. The second-order valence-electron chi connectivity index (χ2n) is 6.25. The first kappa shape index (κ1) is 22.0. The molecule has 31 heavy (non-hydrogen) atoms. The molecule has 10 heteroatoms. The number of carbonyl (C=O) groups excluding carboxylic acids is 3. The summed E-state index contributed by atoms with van der Waals surface area (Å²) < 4.78 is 14.4. The number of esters is 2. The van der Waals surface area contributed by atoms with Gasteiger partial charge in [-0.25, -0.2) is 9.59 Å². The molecular formula is C21H19N3O6S. The topological polar surface area (TPSA) is 121 Å². The number of carbonyl (C=O) groups is 3. The average Bonchev–Trinajstić information content (AvgIpc) is 3.21. The number of aromatic nitrogens is 2. The molecule has 9 nitrogen and oxygen atoms in total. The zero-order chi connectivity index (χ0) is 22.4. The SMILES string of the molecule is COC(=O)c1cc(NC(=O)c2ccccc2SCc2noc(C)n2)cc(C(=O)OC)c1. The fourth-order valence-electron chi connectivity index (χ4n) is 2.69. The zero-order valence-electron chi connectivity index (χ0n) is 17.0. The molecule has 1 heterocycles. The summed E-state index contributed by atoms with van der Waals surface area (Å²) in [6, 6.07) is 11.2. The molecule has 0 spiro atoms. The lowest BCUT2D eigenvalue weighted by Crippen LogP contribution is -2.15. The molecule has 0 saturated carbocycles. The number of rotatable bonds is 7. The number of ether oxygens (including phenoxy) is 2. The summed E-state index contributed by atoms with van der Waals surface area (Å²) in [6.45, 7) is 1.70. The molecule has 1 amide bonds. The largest absolute Gasteiger partial charge is 0.465 e. The number of anilines is 1. The van der Waals surface area contributed by atoms with Gasteiger partial charge in [0.05, 0.1) is 36.7 Å². The number of nitrogens with one attached hydrogen (secondary N) is 1. The lowest BCUT2D eigenvalue weighted by molar-refractivity contribution is 0.0599. The van der Waals surface area contributed by atoms with E-state index in [0.29, 0.717) is 27.9 Å². The monoisotopic (exact) mass is 441 g/mol. The molecule has 0 saturated heterocycles. The number of nitrogens with zero attached hydrogens (tertiary/aromatic N) is 2. The van der Waals surface area contributed by atoms with E-state index in [2.05, 4.69) is 15.5 Å². The van der Waals surface area contributed by atoms with Crippen molar-refractivity contribution in [1.29, 1.82) is 0 Å². The van der Waals surface area contributed by atoms with Crippen LogP contribution in [0, 0.1) is 6.92 Å². The van der Waals surface area contributed by atoms with Gasteiger partial charge >= 0.3 is 11.9 Å². The van der Waals surface area contributed by atoms with Gasteiger partial charge in [-0.05, 0) is 30.3 Å². The lowest BCUT2D eigenvalue weighted by atomic mass is 10.1. The fourth-order valence-corrected chi connectivity index (χ4v) is 3.58. The first-order valence-electron chi connectivity index (χ1n) is 9.05. The van der Waals surface area contributed by atoms with Crippen molar-refractivity contribution in [3.8, 4) is 0 Å². The Labute approximate surface area is 182 Å². The third-order valence-electron chi connectivity index (χ3n) is 4.09. The molecule has 0 radical (unpaired) electrons. The van der Waals surface area contributed by atoms with Gasteiger partial charge in [-0.1, -0.05) is 17.3 Å². The van der Waals surface area contributed by atoms with E-state index in [-0.39, 0.29) is 16.8 Å². The number of thioether (sulfide) groups is 1. The van der Waals surface area contributed by atoms with Crippen molar-refractivity contribution in [1.82, 2.24) is 10.1 Å². The highest BCUT2D eigenvalue weighted by Gasteiger charge is 2.17. The zero-order valence-corrected chi connectivity index (χ0v) is 17.8. The van der Waals surface area contributed by atoms with E-state index >= 15 is 0 Å². The number of benzene rings is 2. The van der Waals surface area contributed by atoms with Crippen molar-refractivity contribution in [3.63, 3.8) is 0 Å². The molecule has 0 aliphatic heterocycles. The first-order chi connectivity index (χ1) is 14.9. The predicted molar refractivity (Wildman–Crippen MR) is 112 cm³/mol. The van der Waals surface area contributed by atoms with Crippen LogP contribution in [0.2, 0.25) is 0 Å². The van der Waals surface area contributed by atoms with Crippen molar-refractivity contribution in [2.45, 2.75) is 17.6 Å². The second-order valence-corrected chi connectivity index (χ2v) is 7.27. The molecule has 0 unspecified atom stereocenters. The van der Waals surface area contributed by atoms with Crippen molar-refractivity contribution in [3.05, 3.63) is 70.9 Å². The minimum absolute atomic E-state index is 0.107. The Hall–Kier alpha value is -3.66. The standard InChI is InChI=1S/C21H19N3O6S/c1-12-22-18(24-30-12)11-31-17-7-5-4-6-16(17)19(25)23-15-9-13(20(26)28-2)8-14(10-15)21(27)29-3/h4-10H,11H2,1-3H3,(H,23,25). The summed E-state index contributed by atoms with van der Waals surface area (Å²) in [5, 5.41) is 6.57. The Morgan fingerprint density at radius 1 is 1.03 bits per heavy atom. The quantitative estimate of drug-likeness (QED) is 0.434. The average molecular weight is 441 g/mol. The van der Waals surface area contributed by atoms with E-state index in [1.165, 1.54) is 44.2 Å². The van der Waals surface area contributed by atoms with Gasteiger partial charge in [0, 0.05) is 17.5 Å². The van der Waals surface area contributed by atoms with Crippen LogP contribution >= 0.6 is 11.8 Å². The molecule has 3 rings (SSSR count). The molecular weight excluding hydrogens is 422 g/mol. The van der Waals surface area contributed by atoms with E-state index in [0.717, 1.165) is 0 Å². The van der Waals surface area contributed by atoms with Gasteiger partial charge in [-0.3, -0.25) is 4.79 Å². The second kappa shape index (κ2) is 9.90. The van der Waals surface area contributed by atoms with Crippen LogP contribution in [-0.2, 0) is 15.2 Å². The van der Waals surface area contributed by atoms with E-state index in [1.807, 2.05) is 6.07 Å². The Bertz CT molecular complexity index is 1090. The van der Waals surface area contributed by atoms with Gasteiger partial charge in [0.15, 0.2) is 5.82 Å². The molecule has 0 aliphatic carbocycles. The Kier molecular flexibility index (Phi) is 7.03. The van der Waals surface area contributed by atoms with Crippen LogP contribution in [0.5, 0.6) is 0 Å². The van der Waals surface area contributed by atoms with Crippen LogP contribution in [-0.4, -0.2) is 42.2 Å². The van der Waals surface area contributed by atoms with Crippen LogP contribution in [0.1, 0.15) is 42.8 Å². The molecule has 0 aliphatic rings. The number of hydrogen-bond acceptors (Lipinski definition) is 9. The van der Waals surface area contributed by atoms with Gasteiger partial charge < -0.3 is 19.3 Å². The maximum absolute atomic E-state index is 12.9. The summed E-state index contributed by atoms with van der Waals surface area (Å²) in [5.41, 5.74) is 0.879. The van der Waals surface area contributed by atoms with Gasteiger partial charge in [0.25, 0.3) is 5.91 Å². The fraction of sp³-hybridized carbons (Fsp3) is 0.190. The number of amides is 1. The maximum Gasteiger partial charge on any atom is 0.337 e. The Morgan fingerprint density at radius 2 is 1.68 bits per heavy atom. The van der Waals surface area contributed by atoms with Crippen molar-refractivity contribution < 1.29 is 28.4 Å². The van der Waals surface area contributed by atoms with Crippen LogP contribution in [0.4, 0.5) is 5.69 Å². The van der Waals surface area contributed by atoms with E-state index < -0.39 is 17.8 Å². The third kappa shape index (κ3) is 5.48. The van der Waals surface area contributed by atoms with Crippen LogP contribution < -0.4 is 5.32 Å². The molecule has 160 valence electrons. The van der Waals surface area contributed by atoms with Gasteiger partial charge in [-0.15, -0.1) is 11.8 Å². The van der Waals surface area contributed by atoms with Crippen molar-refractivity contribution >= 4 is 35.3 Å². The van der Waals surface area contributed by atoms with E-state index in [4.69, 9.17) is 14.0 Å². The maximum atomic E-state index is 12.9. The van der Waals surface area contributed by atoms with E-state index in [9.17, 15) is 14.4 Å². The highest BCUT2D eigenvalue weighted by molar-refractivity contribution is 7.98. The normalized spacial score (nSPS) is 10.4. The molecule has 0 fully saturated rings. The van der Waals surface area contributed by atoms with E-state index in [1.54, 1.807) is 25.1 Å². The number of aryl methyl sites for hydroxylation is 1. The van der Waals surface area contributed by atoms with Gasteiger partial charge in [-0.2, -0.15) is 4.98 Å². The number of methoxy groups -OCH3 is 2. The summed E-state index contributed by atoms with van der Waals surface area (Å²) in [7, 11) is 2.45. The molecule has 0 bridgehead atoms. The Morgan fingerprint density at radius 3 is 2.26 bits per heavy atom. The third-order valence-corrected chi connectivity index (χ3v) is 5.16. The van der Waals surface area contributed by atoms with Crippen molar-refractivity contribution in [2.24, 2.45) is 0 Å². The summed E-state index contributed by atoms with van der Waals surface area (Å²) in [4.78, 5) is 41.7. The smallest absolute Gasteiger partial charge is 0.337 e. The highest BCUT2D eigenvalue weighted by atomic mass is 32.2. The van der Waals surface area contributed by atoms with Crippen LogP contribution in [0.15, 0.2) is 51.9 Å². The predicted octanol–water partition coefficient (Wildman–Crippen LogP) is 3.50. The van der Waals surface area contributed by atoms with Crippen molar-refractivity contribution in [2.75, 3.05) is 19.5 Å². The Balaban J connectivity index is 1.84. The summed E-state index contributed by atoms with van der Waals surface area (Å²) in [6.07, 6.45) is 0.